The summed E-state index contributed by atoms with van der Waals surface area (Å²) in [5.74, 6) is 0.0956. The predicted octanol–water partition coefficient (Wildman–Crippen LogP) is 2.65. The molecule has 4 nitrogen and oxygen atoms in total. The molecule has 0 saturated carbocycles. The van der Waals surface area contributed by atoms with Crippen molar-refractivity contribution in [2.75, 3.05) is 20.8 Å². The van der Waals surface area contributed by atoms with E-state index < -0.39 is 12.9 Å². The van der Waals surface area contributed by atoms with Crippen LogP contribution in [0.4, 0.5) is 8.78 Å². The summed E-state index contributed by atoms with van der Waals surface area (Å²) in [7, 11) is 3.03. The molecule has 0 saturated heterocycles. The molecular formula is C12H16ClF2NO3. The normalized spacial score (nSPS) is 11.3. The molecule has 1 aromatic rings. The average molecular weight is 296 g/mol. The fourth-order valence-electron chi connectivity index (χ4n) is 1.48. The summed E-state index contributed by atoms with van der Waals surface area (Å²) >= 11 is 5.83. The molecule has 0 aliphatic carbocycles. The van der Waals surface area contributed by atoms with Gasteiger partial charge in [0.05, 0.1) is 0 Å². The van der Waals surface area contributed by atoms with E-state index in [0.29, 0.717) is 23.7 Å². The highest BCUT2D eigenvalue weighted by atomic mass is 35.5. The monoisotopic (exact) mass is 295 g/mol. The van der Waals surface area contributed by atoms with Gasteiger partial charge < -0.3 is 19.5 Å². The summed E-state index contributed by atoms with van der Waals surface area (Å²) in [6, 6.07) is 4.48. The number of ether oxygens (including phenoxy) is 3. The SMILES string of the molecule is COC(CNCc1cc(Cl)ccc1OC(F)F)OC. The van der Waals surface area contributed by atoms with Crippen LogP contribution in [0.25, 0.3) is 0 Å². The maximum atomic E-state index is 12.2. The minimum atomic E-state index is -2.87. The first kappa shape index (κ1) is 16.1. The first-order valence-electron chi connectivity index (χ1n) is 5.56. The van der Waals surface area contributed by atoms with Crippen molar-refractivity contribution in [1.82, 2.24) is 5.32 Å². The minimum absolute atomic E-state index is 0.0956. The van der Waals surface area contributed by atoms with Crippen LogP contribution in [0.1, 0.15) is 5.56 Å². The van der Waals surface area contributed by atoms with E-state index in [9.17, 15) is 8.78 Å². The Morgan fingerprint density at radius 1 is 1.26 bits per heavy atom. The number of rotatable bonds is 8. The fraction of sp³-hybridized carbons (Fsp3) is 0.500. The standard InChI is InChI=1S/C12H16ClF2NO3/c1-17-11(18-2)7-16-6-8-5-9(13)3-4-10(8)19-12(14)15/h3-5,11-12,16H,6-7H2,1-2H3. The van der Waals surface area contributed by atoms with Gasteiger partial charge in [0.2, 0.25) is 0 Å². The Bertz CT molecular complexity index is 389. The average Bonchev–Trinajstić information content (AvgIpc) is 2.37. The topological polar surface area (TPSA) is 39.7 Å². The van der Waals surface area contributed by atoms with E-state index in [-0.39, 0.29) is 5.75 Å². The molecule has 0 radical (unpaired) electrons. The van der Waals surface area contributed by atoms with Crippen molar-refractivity contribution >= 4 is 11.6 Å². The zero-order valence-corrected chi connectivity index (χ0v) is 11.4. The van der Waals surface area contributed by atoms with Crippen LogP contribution in [-0.2, 0) is 16.0 Å². The molecule has 0 unspecified atom stereocenters. The van der Waals surface area contributed by atoms with Crippen LogP contribution >= 0.6 is 11.6 Å². The maximum Gasteiger partial charge on any atom is 0.387 e. The highest BCUT2D eigenvalue weighted by molar-refractivity contribution is 6.30. The van der Waals surface area contributed by atoms with Crippen molar-refractivity contribution in [2.24, 2.45) is 0 Å². The summed E-state index contributed by atoms with van der Waals surface area (Å²) in [5, 5.41) is 3.46. The smallest absolute Gasteiger partial charge is 0.387 e. The van der Waals surface area contributed by atoms with Crippen LogP contribution in [0, 0.1) is 0 Å². The Balaban J connectivity index is 2.62. The number of methoxy groups -OCH3 is 2. The van der Waals surface area contributed by atoms with Crippen molar-refractivity contribution in [1.29, 1.82) is 0 Å². The van der Waals surface area contributed by atoms with Gasteiger partial charge in [-0.3, -0.25) is 0 Å². The third-order valence-electron chi connectivity index (χ3n) is 2.39. The Hall–Kier alpha value is -0.950. The second-order valence-corrected chi connectivity index (χ2v) is 4.10. The van der Waals surface area contributed by atoms with Crippen LogP contribution < -0.4 is 10.1 Å². The van der Waals surface area contributed by atoms with Crippen molar-refractivity contribution in [3.8, 4) is 5.75 Å². The van der Waals surface area contributed by atoms with Crippen LogP contribution in [-0.4, -0.2) is 33.7 Å². The lowest BCUT2D eigenvalue weighted by Gasteiger charge is -2.15. The summed E-state index contributed by atoms with van der Waals surface area (Å²) in [6.45, 7) is -2.15. The van der Waals surface area contributed by atoms with Crippen molar-refractivity contribution in [2.45, 2.75) is 19.4 Å². The van der Waals surface area contributed by atoms with Gasteiger partial charge in [0.25, 0.3) is 0 Å². The number of hydrogen-bond acceptors (Lipinski definition) is 4. The van der Waals surface area contributed by atoms with E-state index in [4.69, 9.17) is 21.1 Å². The van der Waals surface area contributed by atoms with Gasteiger partial charge in [-0.25, -0.2) is 0 Å². The largest absolute Gasteiger partial charge is 0.434 e. The number of benzene rings is 1. The van der Waals surface area contributed by atoms with Gasteiger partial charge in [-0.05, 0) is 18.2 Å². The molecule has 0 heterocycles. The lowest BCUT2D eigenvalue weighted by molar-refractivity contribution is -0.0989. The third-order valence-corrected chi connectivity index (χ3v) is 2.63. The maximum absolute atomic E-state index is 12.2. The molecule has 0 bridgehead atoms. The number of halogens is 3. The Kier molecular flexibility index (Phi) is 7.01. The van der Waals surface area contributed by atoms with Crippen molar-refractivity contribution in [3.05, 3.63) is 28.8 Å². The molecule has 7 heteroatoms. The highest BCUT2D eigenvalue weighted by Crippen LogP contribution is 2.24. The van der Waals surface area contributed by atoms with Gasteiger partial charge in [0, 0.05) is 37.9 Å². The van der Waals surface area contributed by atoms with Crippen LogP contribution in [0.2, 0.25) is 5.02 Å². The fourth-order valence-corrected chi connectivity index (χ4v) is 1.68. The predicted molar refractivity (Wildman–Crippen MR) is 67.6 cm³/mol. The molecule has 0 fully saturated rings. The number of hydrogen-bond donors (Lipinski definition) is 1. The molecule has 1 aromatic carbocycles. The van der Waals surface area contributed by atoms with E-state index in [0.717, 1.165) is 0 Å². The summed E-state index contributed by atoms with van der Waals surface area (Å²) in [5.41, 5.74) is 0.541. The molecule has 0 atom stereocenters. The van der Waals surface area contributed by atoms with E-state index >= 15 is 0 Å². The zero-order valence-electron chi connectivity index (χ0n) is 10.7. The summed E-state index contributed by atoms with van der Waals surface area (Å²) < 4.78 is 38.9. The second-order valence-electron chi connectivity index (χ2n) is 3.66. The molecule has 1 N–H and O–H groups in total. The van der Waals surface area contributed by atoms with Gasteiger partial charge in [-0.2, -0.15) is 8.78 Å². The summed E-state index contributed by atoms with van der Waals surface area (Å²) in [6.07, 6.45) is -0.404. The first-order chi connectivity index (χ1) is 9.06. The lowest BCUT2D eigenvalue weighted by atomic mass is 10.2. The molecule has 0 aromatic heterocycles. The molecule has 0 amide bonds. The highest BCUT2D eigenvalue weighted by Gasteiger charge is 2.11. The van der Waals surface area contributed by atoms with Gasteiger partial charge in [0.1, 0.15) is 5.75 Å². The number of alkyl halides is 2. The molecule has 0 aliphatic heterocycles. The van der Waals surface area contributed by atoms with Crippen LogP contribution in [0.3, 0.4) is 0 Å². The van der Waals surface area contributed by atoms with Crippen molar-refractivity contribution < 1.29 is 23.0 Å². The van der Waals surface area contributed by atoms with Gasteiger partial charge in [0.15, 0.2) is 6.29 Å². The first-order valence-corrected chi connectivity index (χ1v) is 5.94. The quantitative estimate of drug-likeness (QED) is 0.749. The van der Waals surface area contributed by atoms with Crippen LogP contribution in [0.5, 0.6) is 5.75 Å². The Labute approximate surface area is 115 Å². The summed E-state index contributed by atoms with van der Waals surface area (Å²) in [4.78, 5) is 0. The van der Waals surface area contributed by atoms with E-state index in [1.165, 1.54) is 26.4 Å². The van der Waals surface area contributed by atoms with Gasteiger partial charge in [-0.15, -0.1) is 0 Å². The second kappa shape index (κ2) is 8.27. The minimum Gasteiger partial charge on any atom is -0.434 e. The van der Waals surface area contributed by atoms with E-state index in [2.05, 4.69) is 10.1 Å². The van der Waals surface area contributed by atoms with Gasteiger partial charge >= 0.3 is 6.61 Å². The van der Waals surface area contributed by atoms with Gasteiger partial charge in [-0.1, -0.05) is 11.6 Å². The van der Waals surface area contributed by atoms with Crippen LogP contribution in [0.15, 0.2) is 18.2 Å². The Morgan fingerprint density at radius 2 is 1.95 bits per heavy atom. The molecular weight excluding hydrogens is 280 g/mol. The molecule has 0 aliphatic rings. The zero-order chi connectivity index (χ0) is 14.3. The van der Waals surface area contributed by atoms with Crippen molar-refractivity contribution in [3.63, 3.8) is 0 Å². The molecule has 108 valence electrons. The lowest BCUT2D eigenvalue weighted by Crippen LogP contribution is -2.29. The Morgan fingerprint density at radius 3 is 2.53 bits per heavy atom. The third kappa shape index (κ3) is 5.69. The molecule has 1 rings (SSSR count). The van der Waals surface area contributed by atoms with E-state index in [1.807, 2.05) is 0 Å². The number of nitrogens with one attached hydrogen (secondary N) is 1. The molecule has 0 spiro atoms. The molecule has 19 heavy (non-hydrogen) atoms. The van der Waals surface area contributed by atoms with E-state index in [1.54, 1.807) is 6.07 Å².